The van der Waals surface area contributed by atoms with E-state index in [0.717, 1.165) is 23.8 Å². The first kappa shape index (κ1) is 19.3. The van der Waals surface area contributed by atoms with Crippen LogP contribution < -0.4 is 0 Å². The van der Waals surface area contributed by atoms with Gasteiger partial charge >= 0.3 is 0 Å². The zero-order chi connectivity index (χ0) is 17.6. The van der Waals surface area contributed by atoms with Crippen LogP contribution in [0, 0.1) is 10.8 Å². The molecule has 2 rings (SSSR count). The molecule has 1 heteroatoms. The van der Waals surface area contributed by atoms with E-state index in [1.54, 1.807) is 0 Å². The van der Waals surface area contributed by atoms with Gasteiger partial charge in [0.15, 0.2) is 0 Å². The van der Waals surface area contributed by atoms with E-state index in [-0.39, 0.29) is 0 Å². The lowest BCUT2D eigenvalue weighted by Gasteiger charge is -2.17. The third kappa shape index (κ3) is 6.49. The molecule has 0 heterocycles. The molecule has 1 aromatic carbocycles. The molecule has 1 aliphatic rings. The zero-order valence-electron chi connectivity index (χ0n) is 16.5. The van der Waals surface area contributed by atoms with E-state index in [9.17, 15) is 5.11 Å². The van der Waals surface area contributed by atoms with Crippen molar-refractivity contribution in [2.75, 3.05) is 0 Å². The number of phenols is 1. The van der Waals surface area contributed by atoms with Gasteiger partial charge in [0.2, 0.25) is 0 Å². The summed E-state index contributed by atoms with van der Waals surface area (Å²) >= 11 is 0. The van der Waals surface area contributed by atoms with Crippen LogP contribution in [0.1, 0.15) is 96.6 Å². The molecule has 1 saturated carbocycles. The van der Waals surface area contributed by atoms with Crippen molar-refractivity contribution in [3.05, 3.63) is 29.3 Å². The number of aryl methyl sites for hydroxylation is 2. The largest absolute Gasteiger partial charge is 0.508 e. The van der Waals surface area contributed by atoms with Crippen molar-refractivity contribution in [1.82, 2.24) is 0 Å². The molecule has 1 aliphatic carbocycles. The fourth-order valence-electron chi connectivity index (χ4n) is 3.75. The summed E-state index contributed by atoms with van der Waals surface area (Å²) in [5.74, 6) is 0.484. The number of unbranched alkanes of at least 4 members (excludes halogenated alkanes) is 2. The first-order valence-corrected chi connectivity index (χ1v) is 10.1. The molecule has 0 bridgehead atoms. The highest BCUT2D eigenvalue weighted by molar-refractivity contribution is 5.36. The van der Waals surface area contributed by atoms with Crippen LogP contribution in [0.15, 0.2) is 18.2 Å². The molecular formula is C23H38O. The Morgan fingerprint density at radius 1 is 1.00 bits per heavy atom. The second-order valence-corrected chi connectivity index (χ2v) is 9.29. The van der Waals surface area contributed by atoms with E-state index >= 15 is 0 Å². The topological polar surface area (TPSA) is 20.2 Å². The molecule has 0 atom stereocenters. The van der Waals surface area contributed by atoms with Crippen LogP contribution in [0.4, 0.5) is 0 Å². The van der Waals surface area contributed by atoms with Gasteiger partial charge in [-0.2, -0.15) is 0 Å². The Morgan fingerprint density at radius 2 is 1.71 bits per heavy atom. The van der Waals surface area contributed by atoms with Crippen LogP contribution >= 0.6 is 0 Å². The molecule has 1 N–H and O–H groups in total. The standard InChI is InChI=1S/C23H38O/c1-5-23(16-17-23)15-9-6-10-19-12-13-21(24)20(18-19)11-7-8-14-22(2,3)4/h12-13,18,24H,5-11,14-17H2,1-4H3. The van der Waals surface area contributed by atoms with Gasteiger partial charge in [0.1, 0.15) is 5.75 Å². The molecular weight excluding hydrogens is 292 g/mol. The maximum absolute atomic E-state index is 10.1. The third-order valence-corrected chi connectivity index (χ3v) is 5.90. The summed E-state index contributed by atoms with van der Waals surface area (Å²) in [4.78, 5) is 0. The van der Waals surface area contributed by atoms with Crippen molar-refractivity contribution < 1.29 is 5.11 Å². The fraction of sp³-hybridized carbons (Fsp3) is 0.739. The molecule has 0 spiro atoms. The fourth-order valence-corrected chi connectivity index (χ4v) is 3.75. The summed E-state index contributed by atoms with van der Waals surface area (Å²) in [5.41, 5.74) is 3.70. The van der Waals surface area contributed by atoms with Gasteiger partial charge in [0.25, 0.3) is 0 Å². The quantitative estimate of drug-likeness (QED) is 0.455. The highest BCUT2D eigenvalue weighted by Gasteiger charge is 2.39. The Kier molecular flexibility index (Phi) is 6.78. The monoisotopic (exact) mass is 330 g/mol. The number of hydrogen-bond acceptors (Lipinski definition) is 1. The average Bonchev–Trinajstić information content (AvgIpc) is 3.30. The highest BCUT2D eigenvalue weighted by atomic mass is 16.3. The first-order chi connectivity index (χ1) is 11.3. The van der Waals surface area contributed by atoms with Gasteiger partial charge in [-0.3, -0.25) is 0 Å². The predicted octanol–water partition coefficient (Wildman–Crippen LogP) is 7.05. The van der Waals surface area contributed by atoms with Gasteiger partial charge in [0.05, 0.1) is 0 Å². The second-order valence-electron chi connectivity index (χ2n) is 9.29. The molecule has 1 nitrogen and oxygen atoms in total. The Bertz CT molecular complexity index is 505. The zero-order valence-corrected chi connectivity index (χ0v) is 16.5. The highest BCUT2D eigenvalue weighted by Crippen LogP contribution is 2.52. The van der Waals surface area contributed by atoms with Crippen LogP contribution in [-0.4, -0.2) is 5.11 Å². The SMILES string of the molecule is CCC1(CCCCc2ccc(O)c(CCCCC(C)(C)C)c2)CC1. The lowest BCUT2D eigenvalue weighted by Crippen LogP contribution is -2.04. The van der Waals surface area contributed by atoms with Crippen molar-refractivity contribution in [3.8, 4) is 5.75 Å². The van der Waals surface area contributed by atoms with Gasteiger partial charge in [-0.05, 0) is 79.4 Å². The van der Waals surface area contributed by atoms with Crippen molar-refractivity contribution in [3.63, 3.8) is 0 Å². The number of aromatic hydroxyl groups is 1. The van der Waals surface area contributed by atoms with Crippen LogP contribution in [0.25, 0.3) is 0 Å². The summed E-state index contributed by atoms with van der Waals surface area (Å²) in [6.45, 7) is 9.25. The Hall–Kier alpha value is -0.980. The minimum absolute atomic E-state index is 0.418. The van der Waals surface area contributed by atoms with Crippen LogP contribution in [0.3, 0.4) is 0 Å². The van der Waals surface area contributed by atoms with E-state index in [4.69, 9.17) is 0 Å². The Morgan fingerprint density at radius 3 is 2.33 bits per heavy atom. The molecule has 0 amide bonds. The van der Waals surface area contributed by atoms with E-state index < -0.39 is 0 Å². The predicted molar refractivity (Wildman–Crippen MR) is 105 cm³/mol. The van der Waals surface area contributed by atoms with Gasteiger partial charge in [0, 0.05) is 0 Å². The summed E-state index contributed by atoms with van der Waals surface area (Å²) < 4.78 is 0. The van der Waals surface area contributed by atoms with Gasteiger partial charge in [-0.1, -0.05) is 59.1 Å². The smallest absolute Gasteiger partial charge is 0.118 e. The van der Waals surface area contributed by atoms with E-state index in [1.165, 1.54) is 63.4 Å². The molecule has 24 heavy (non-hydrogen) atoms. The van der Waals surface area contributed by atoms with Gasteiger partial charge < -0.3 is 5.11 Å². The van der Waals surface area contributed by atoms with Crippen molar-refractivity contribution in [2.24, 2.45) is 10.8 Å². The molecule has 0 aromatic heterocycles. The normalized spacial score (nSPS) is 16.3. The summed E-state index contributed by atoms with van der Waals surface area (Å²) in [6.07, 6.45) is 14.2. The van der Waals surface area contributed by atoms with E-state index in [2.05, 4.69) is 39.8 Å². The van der Waals surface area contributed by atoms with Crippen molar-refractivity contribution in [2.45, 2.75) is 98.3 Å². The average molecular weight is 331 g/mol. The molecule has 136 valence electrons. The van der Waals surface area contributed by atoms with Crippen LogP contribution in [0.2, 0.25) is 0 Å². The summed E-state index contributed by atoms with van der Waals surface area (Å²) in [5, 5.41) is 10.1. The Balaban J connectivity index is 1.73. The van der Waals surface area contributed by atoms with E-state index in [1.807, 2.05) is 6.07 Å². The van der Waals surface area contributed by atoms with E-state index in [0.29, 0.717) is 11.2 Å². The number of hydrogen-bond donors (Lipinski definition) is 1. The number of benzene rings is 1. The molecule has 1 aromatic rings. The van der Waals surface area contributed by atoms with Gasteiger partial charge in [-0.25, -0.2) is 0 Å². The summed E-state index contributed by atoms with van der Waals surface area (Å²) in [6, 6.07) is 6.27. The molecule has 1 fully saturated rings. The minimum Gasteiger partial charge on any atom is -0.508 e. The first-order valence-electron chi connectivity index (χ1n) is 10.1. The second kappa shape index (κ2) is 8.41. The van der Waals surface area contributed by atoms with Gasteiger partial charge in [-0.15, -0.1) is 0 Å². The summed E-state index contributed by atoms with van der Waals surface area (Å²) in [7, 11) is 0. The minimum atomic E-state index is 0.418. The van der Waals surface area contributed by atoms with Crippen LogP contribution in [-0.2, 0) is 12.8 Å². The van der Waals surface area contributed by atoms with Crippen molar-refractivity contribution >= 4 is 0 Å². The molecule has 0 saturated heterocycles. The maximum atomic E-state index is 10.1. The third-order valence-electron chi connectivity index (χ3n) is 5.90. The Labute approximate surface area is 149 Å². The number of phenolic OH excluding ortho intramolecular Hbond substituents is 1. The molecule has 0 aliphatic heterocycles. The lowest BCUT2D eigenvalue weighted by atomic mass is 9.89. The number of rotatable bonds is 10. The lowest BCUT2D eigenvalue weighted by molar-refractivity contribution is 0.360. The maximum Gasteiger partial charge on any atom is 0.118 e. The molecule has 0 radical (unpaired) electrons. The van der Waals surface area contributed by atoms with Crippen molar-refractivity contribution in [1.29, 1.82) is 0 Å². The molecule has 0 unspecified atom stereocenters. The van der Waals surface area contributed by atoms with Crippen LogP contribution in [0.5, 0.6) is 5.75 Å².